The predicted molar refractivity (Wildman–Crippen MR) is 72.6 cm³/mol. The highest BCUT2D eigenvalue weighted by Gasteiger charge is 2.14. The smallest absolute Gasteiger partial charge is 0.0479 e. The molecule has 1 aromatic heterocycles. The van der Waals surface area contributed by atoms with E-state index >= 15 is 0 Å². The average Bonchev–Trinajstić information content (AvgIpc) is 2.72. The largest absolute Gasteiger partial charge is 0.369 e. The van der Waals surface area contributed by atoms with E-state index in [9.17, 15) is 0 Å². The van der Waals surface area contributed by atoms with Crippen LogP contribution in [0.25, 0.3) is 10.9 Å². The van der Waals surface area contributed by atoms with Gasteiger partial charge in [0.15, 0.2) is 0 Å². The van der Waals surface area contributed by atoms with Crippen LogP contribution in [0.15, 0.2) is 30.5 Å². The Kier molecular flexibility index (Phi) is 2.56. The minimum absolute atomic E-state index is 1.13. The van der Waals surface area contributed by atoms with Gasteiger partial charge in [0.2, 0.25) is 0 Å². The van der Waals surface area contributed by atoms with Crippen molar-refractivity contribution in [3.63, 3.8) is 0 Å². The number of aryl methyl sites for hydroxylation is 1. The van der Waals surface area contributed by atoms with E-state index in [0.29, 0.717) is 0 Å². The van der Waals surface area contributed by atoms with Crippen molar-refractivity contribution >= 4 is 16.6 Å². The molecular weight excluding hydrogens is 210 g/mol. The molecule has 3 nitrogen and oxygen atoms in total. The molecule has 1 aromatic carbocycles. The van der Waals surface area contributed by atoms with Gasteiger partial charge in [-0.05, 0) is 31.3 Å². The molecule has 3 heteroatoms. The lowest BCUT2D eigenvalue weighted by Gasteiger charge is -2.34. The van der Waals surface area contributed by atoms with E-state index in [1.807, 2.05) is 0 Å². The first-order valence-electron chi connectivity index (χ1n) is 6.22. The van der Waals surface area contributed by atoms with Crippen LogP contribution >= 0.6 is 0 Å². The topological polar surface area (TPSA) is 11.4 Å². The highest BCUT2D eigenvalue weighted by Crippen LogP contribution is 2.23. The van der Waals surface area contributed by atoms with E-state index < -0.39 is 0 Å². The predicted octanol–water partition coefficient (Wildman–Crippen LogP) is 1.93. The van der Waals surface area contributed by atoms with E-state index in [2.05, 4.69) is 58.9 Å². The SMILES string of the molecule is CN1CCN(c2ccc3c(ccn3C)c2)CC1. The fourth-order valence-corrected chi connectivity index (χ4v) is 2.53. The van der Waals surface area contributed by atoms with E-state index in [0.717, 1.165) is 26.2 Å². The van der Waals surface area contributed by atoms with Gasteiger partial charge in [0.25, 0.3) is 0 Å². The summed E-state index contributed by atoms with van der Waals surface area (Å²) in [5, 5.41) is 1.34. The zero-order chi connectivity index (χ0) is 11.8. The molecule has 0 bridgehead atoms. The summed E-state index contributed by atoms with van der Waals surface area (Å²) in [5.41, 5.74) is 2.67. The highest BCUT2D eigenvalue weighted by atomic mass is 15.2. The third kappa shape index (κ3) is 1.91. The van der Waals surface area contributed by atoms with Crippen molar-refractivity contribution in [1.82, 2.24) is 9.47 Å². The molecule has 2 aromatic rings. The van der Waals surface area contributed by atoms with Crippen LogP contribution in [0.3, 0.4) is 0 Å². The Hall–Kier alpha value is -1.48. The Morgan fingerprint density at radius 2 is 1.71 bits per heavy atom. The molecule has 0 radical (unpaired) electrons. The summed E-state index contributed by atoms with van der Waals surface area (Å²) >= 11 is 0. The van der Waals surface area contributed by atoms with Gasteiger partial charge in [0.1, 0.15) is 0 Å². The lowest BCUT2D eigenvalue weighted by molar-refractivity contribution is 0.313. The summed E-state index contributed by atoms with van der Waals surface area (Å²) in [5.74, 6) is 0. The number of piperazine rings is 1. The number of likely N-dealkylation sites (N-methyl/N-ethyl adjacent to an activating group) is 1. The third-order valence-electron chi connectivity index (χ3n) is 3.74. The second-order valence-corrected chi connectivity index (χ2v) is 4.96. The number of hydrogen-bond donors (Lipinski definition) is 0. The number of hydrogen-bond acceptors (Lipinski definition) is 2. The van der Waals surface area contributed by atoms with Gasteiger partial charge in [0, 0.05) is 56.0 Å². The van der Waals surface area contributed by atoms with E-state index in [-0.39, 0.29) is 0 Å². The maximum Gasteiger partial charge on any atom is 0.0479 e. The van der Waals surface area contributed by atoms with Crippen LogP contribution in [0.4, 0.5) is 5.69 Å². The van der Waals surface area contributed by atoms with Crippen molar-refractivity contribution in [3.05, 3.63) is 30.5 Å². The summed E-state index contributed by atoms with van der Waals surface area (Å²) in [6.07, 6.45) is 2.12. The number of benzene rings is 1. The zero-order valence-corrected chi connectivity index (χ0v) is 10.6. The van der Waals surface area contributed by atoms with Crippen molar-refractivity contribution in [1.29, 1.82) is 0 Å². The summed E-state index contributed by atoms with van der Waals surface area (Å²) in [6.45, 7) is 4.59. The quantitative estimate of drug-likeness (QED) is 0.740. The zero-order valence-electron chi connectivity index (χ0n) is 10.6. The van der Waals surface area contributed by atoms with Crippen molar-refractivity contribution in [3.8, 4) is 0 Å². The molecule has 2 heterocycles. The first-order chi connectivity index (χ1) is 8.24. The second-order valence-electron chi connectivity index (χ2n) is 4.96. The first kappa shape index (κ1) is 10.7. The Labute approximate surface area is 102 Å². The Balaban J connectivity index is 1.90. The monoisotopic (exact) mass is 229 g/mol. The van der Waals surface area contributed by atoms with Crippen LogP contribution in [0, 0.1) is 0 Å². The Bertz CT molecular complexity index is 521. The van der Waals surface area contributed by atoms with Gasteiger partial charge in [-0.25, -0.2) is 0 Å². The van der Waals surface area contributed by atoms with Gasteiger partial charge >= 0.3 is 0 Å². The summed E-state index contributed by atoms with van der Waals surface area (Å²) < 4.78 is 2.17. The number of fused-ring (bicyclic) bond motifs is 1. The molecule has 0 spiro atoms. The van der Waals surface area contributed by atoms with Crippen LogP contribution in [0.2, 0.25) is 0 Å². The second kappa shape index (κ2) is 4.08. The number of nitrogens with zero attached hydrogens (tertiary/aromatic N) is 3. The van der Waals surface area contributed by atoms with Crippen LogP contribution in [0.1, 0.15) is 0 Å². The lowest BCUT2D eigenvalue weighted by Crippen LogP contribution is -2.44. The molecule has 1 aliphatic heterocycles. The van der Waals surface area contributed by atoms with Gasteiger partial charge < -0.3 is 14.4 Å². The molecule has 1 saturated heterocycles. The minimum atomic E-state index is 1.13. The minimum Gasteiger partial charge on any atom is -0.369 e. The molecule has 1 fully saturated rings. The molecule has 0 amide bonds. The van der Waals surface area contributed by atoms with Crippen molar-refractivity contribution in [2.45, 2.75) is 0 Å². The third-order valence-corrected chi connectivity index (χ3v) is 3.74. The van der Waals surface area contributed by atoms with E-state index in [1.54, 1.807) is 0 Å². The van der Waals surface area contributed by atoms with Crippen molar-refractivity contribution < 1.29 is 0 Å². The highest BCUT2D eigenvalue weighted by molar-refractivity contribution is 5.84. The van der Waals surface area contributed by atoms with E-state index in [4.69, 9.17) is 0 Å². The standard InChI is InChI=1S/C14H19N3/c1-15-7-9-17(10-8-15)13-3-4-14-12(11-13)5-6-16(14)2/h3-6,11H,7-10H2,1-2H3. The fourth-order valence-electron chi connectivity index (χ4n) is 2.53. The van der Waals surface area contributed by atoms with Gasteiger partial charge in [-0.2, -0.15) is 0 Å². The van der Waals surface area contributed by atoms with Crippen LogP contribution in [-0.2, 0) is 7.05 Å². The Morgan fingerprint density at radius 3 is 2.47 bits per heavy atom. The summed E-state index contributed by atoms with van der Waals surface area (Å²) in [6, 6.07) is 8.96. The van der Waals surface area contributed by atoms with Crippen LogP contribution in [-0.4, -0.2) is 42.7 Å². The fraction of sp³-hybridized carbons (Fsp3) is 0.429. The molecule has 17 heavy (non-hydrogen) atoms. The molecule has 0 saturated carbocycles. The number of rotatable bonds is 1. The molecule has 1 aliphatic rings. The molecule has 0 N–H and O–H groups in total. The maximum atomic E-state index is 2.48. The maximum absolute atomic E-state index is 2.48. The Morgan fingerprint density at radius 1 is 0.941 bits per heavy atom. The van der Waals surface area contributed by atoms with Crippen molar-refractivity contribution in [2.24, 2.45) is 7.05 Å². The van der Waals surface area contributed by atoms with Crippen molar-refractivity contribution in [2.75, 3.05) is 38.1 Å². The van der Waals surface area contributed by atoms with Gasteiger partial charge in [-0.1, -0.05) is 0 Å². The molecule has 0 unspecified atom stereocenters. The summed E-state index contributed by atoms with van der Waals surface area (Å²) in [4.78, 5) is 4.87. The molecular formula is C14H19N3. The normalized spacial score (nSPS) is 17.9. The molecule has 90 valence electrons. The average molecular weight is 229 g/mol. The van der Waals surface area contributed by atoms with Crippen LogP contribution in [0.5, 0.6) is 0 Å². The van der Waals surface area contributed by atoms with Gasteiger partial charge in [0.05, 0.1) is 0 Å². The first-order valence-corrected chi connectivity index (χ1v) is 6.22. The summed E-state index contributed by atoms with van der Waals surface area (Å²) in [7, 11) is 4.29. The van der Waals surface area contributed by atoms with Crippen LogP contribution < -0.4 is 4.90 Å². The van der Waals surface area contributed by atoms with Gasteiger partial charge in [-0.3, -0.25) is 0 Å². The number of anilines is 1. The van der Waals surface area contributed by atoms with E-state index in [1.165, 1.54) is 16.6 Å². The molecule has 0 aliphatic carbocycles. The molecule has 0 atom stereocenters. The van der Waals surface area contributed by atoms with Gasteiger partial charge in [-0.15, -0.1) is 0 Å². The molecule has 3 rings (SSSR count). The lowest BCUT2D eigenvalue weighted by atomic mass is 10.2. The number of aromatic nitrogens is 1.